The Labute approximate surface area is 102 Å². The number of nitrogens with two attached hydrogens (primary N) is 1. The average Bonchev–Trinajstić information content (AvgIpc) is 2.24. The molecule has 0 radical (unpaired) electrons. The molecule has 0 atom stereocenters. The lowest BCUT2D eigenvalue weighted by atomic mass is 9.96. The predicted molar refractivity (Wildman–Crippen MR) is 49.7 cm³/mol. The van der Waals surface area contributed by atoms with Gasteiger partial charge in [-0.05, 0) is 12.1 Å². The summed E-state index contributed by atoms with van der Waals surface area (Å²) in [5, 5.41) is 8.48. The van der Waals surface area contributed by atoms with Crippen LogP contribution in [0.25, 0.3) is 0 Å². The highest BCUT2D eigenvalue weighted by Gasteiger charge is 2.46. The second-order valence-corrected chi connectivity index (χ2v) is 3.42. The highest BCUT2D eigenvalue weighted by Crippen LogP contribution is 2.42. The summed E-state index contributed by atoms with van der Waals surface area (Å²) in [6, 6.07) is 1.64. The van der Waals surface area contributed by atoms with E-state index in [9.17, 15) is 31.1 Å². The van der Waals surface area contributed by atoms with Crippen molar-refractivity contribution in [2.75, 3.05) is 0 Å². The van der Waals surface area contributed by atoms with Gasteiger partial charge in [0.1, 0.15) is 0 Å². The minimum absolute atomic E-state index is 0.0231. The van der Waals surface area contributed by atoms with Crippen molar-refractivity contribution in [1.29, 1.82) is 5.26 Å². The first kappa shape index (κ1) is 14.8. The van der Waals surface area contributed by atoms with Gasteiger partial charge < -0.3 is 5.73 Å². The first-order valence-electron chi connectivity index (χ1n) is 4.51. The molecule has 0 aliphatic heterocycles. The highest BCUT2D eigenvalue weighted by molar-refractivity contribution is 5.95. The fraction of sp³-hybridized carbons (Fsp3) is 0.200. The largest absolute Gasteiger partial charge is 0.417 e. The fourth-order valence-electron chi connectivity index (χ4n) is 1.43. The van der Waals surface area contributed by atoms with Crippen LogP contribution in [0.5, 0.6) is 0 Å². The predicted octanol–water partition coefficient (Wildman–Crippen LogP) is 2.69. The lowest BCUT2D eigenvalue weighted by Gasteiger charge is -2.18. The Hall–Kier alpha value is -2.24. The molecule has 0 aliphatic carbocycles. The monoisotopic (exact) mass is 282 g/mol. The van der Waals surface area contributed by atoms with E-state index in [0.29, 0.717) is 6.07 Å². The summed E-state index contributed by atoms with van der Waals surface area (Å²) in [5.74, 6) is -1.70. The molecular formula is C10H4F6N2O. The second-order valence-electron chi connectivity index (χ2n) is 3.42. The minimum Gasteiger partial charge on any atom is -0.366 e. The summed E-state index contributed by atoms with van der Waals surface area (Å²) < 4.78 is 75.7. The zero-order valence-corrected chi connectivity index (χ0v) is 8.86. The third-order valence-corrected chi connectivity index (χ3v) is 2.12. The molecule has 0 heterocycles. The number of halogens is 6. The lowest BCUT2D eigenvalue weighted by Crippen LogP contribution is -2.24. The Bertz CT molecular complexity index is 567. The Morgan fingerprint density at radius 2 is 1.63 bits per heavy atom. The molecule has 0 aliphatic rings. The third kappa shape index (κ3) is 2.96. The van der Waals surface area contributed by atoms with Gasteiger partial charge in [-0.15, -0.1) is 0 Å². The normalized spacial score (nSPS) is 12.1. The van der Waals surface area contributed by atoms with Crippen molar-refractivity contribution in [2.24, 2.45) is 5.73 Å². The molecule has 19 heavy (non-hydrogen) atoms. The van der Waals surface area contributed by atoms with Gasteiger partial charge in [0.05, 0.1) is 28.3 Å². The molecular weight excluding hydrogens is 278 g/mol. The molecule has 0 saturated heterocycles. The SMILES string of the molecule is N#Cc1cc(C(N)=O)c(C(F)(F)F)c(C(F)(F)F)c1. The van der Waals surface area contributed by atoms with Gasteiger partial charge in [-0.1, -0.05) is 0 Å². The van der Waals surface area contributed by atoms with Gasteiger partial charge in [0.25, 0.3) is 0 Å². The molecule has 1 aromatic rings. The first-order valence-corrected chi connectivity index (χ1v) is 4.51. The molecule has 0 bridgehead atoms. The Morgan fingerprint density at radius 1 is 1.11 bits per heavy atom. The summed E-state index contributed by atoms with van der Waals surface area (Å²) in [5.41, 5.74) is -1.81. The van der Waals surface area contributed by atoms with E-state index in [1.165, 1.54) is 6.07 Å². The van der Waals surface area contributed by atoms with Crippen molar-refractivity contribution in [1.82, 2.24) is 0 Å². The number of alkyl halides is 6. The van der Waals surface area contributed by atoms with Crippen LogP contribution < -0.4 is 5.73 Å². The maximum atomic E-state index is 12.6. The van der Waals surface area contributed by atoms with Gasteiger partial charge >= 0.3 is 12.4 Å². The van der Waals surface area contributed by atoms with Crippen molar-refractivity contribution in [2.45, 2.75) is 12.4 Å². The van der Waals surface area contributed by atoms with E-state index in [1.54, 1.807) is 0 Å². The number of benzene rings is 1. The molecule has 102 valence electrons. The third-order valence-electron chi connectivity index (χ3n) is 2.12. The maximum Gasteiger partial charge on any atom is 0.417 e. The van der Waals surface area contributed by atoms with E-state index in [4.69, 9.17) is 5.26 Å². The van der Waals surface area contributed by atoms with Crippen LogP contribution in [0.4, 0.5) is 26.3 Å². The van der Waals surface area contributed by atoms with E-state index in [1.807, 2.05) is 0 Å². The van der Waals surface area contributed by atoms with Crippen LogP contribution >= 0.6 is 0 Å². The number of hydrogen-bond acceptors (Lipinski definition) is 2. The van der Waals surface area contributed by atoms with Gasteiger partial charge in [-0.3, -0.25) is 4.79 Å². The summed E-state index contributed by atoms with van der Waals surface area (Å²) in [4.78, 5) is 10.9. The van der Waals surface area contributed by atoms with Crippen LogP contribution in [0, 0.1) is 11.3 Å². The van der Waals surface area contributed by atoms with Crippen LogP contribution in [0.15, 0.2) is 12.1 Å². The van der Waals surface area contributed by atoms with E-state index >= 15 is 0 Å². The Kier molecular flexibility index (Phi) is 3.48. The van der Waals surface area contributed by atoms with E-state index in [-0.39, 0.29) is 6.07 Å². The zero-order chi connectivity index (χ0) is 15.0. The number of nitrogens with zero attached hydrogens (tertiary/aromatic N) is 1. The minimum atomic E-state index is -5.43. The molecule has 0 unspecified atom stereocenters. The molecule has 3 nitrogen and oxygen atoms in total. The zero-order valence-electron chi connectivity index (χ0n) is 8.86. The molecule has 0 spiro atoms. The lowest BCUT2D eigenvalue weighted by molar-refractivity contribution is -0.162. The van der Waals surface area contributed by atoms with E-state index in [2.05, 4.69) is 5.73 Å². The van der Waals surface area contributed by atoms with Crippen molar-refractivity contribution in [3.63, 3.8) is 0 Å². The van der Waals surface area contributed by atoms with Crippen molar-refractivity contribution in [3.05, 3.63) is 34.4 Å². The molecule has 1 rings (SSSR count). The topological polar surface area (TPSA) is 66.9 Å². The van der Waals surface area contributed by atoms with Crippen molar-refractivity contribution in [3.8, 4) is 6.07 Å². The molecule has 0 fully saturated rings. The van der Waals surface area contributed by atoms with Gasteiger partial charge in [0.2, 0.25) is 5.91 Å². The number of rotatable bonds is 1. The summed E-state index contributed by atoms with van der Waals surface area (Å²) in [6.45, 7) is 0. The van der Waals surface area contributed by atoms with Crippen LogP contribution in [0.1, 0.15) is 27.0 Å². The average molecular weight is 282 g/mol. The number of carbonyl (C=O) groups excluding carboxylic acids is 1. The van der Waals surface area contributed by atoms with Crippen LogP contribution in [-0.2, 0) is 12.4 Å². The molecule has 1 amide bonds. The van der Waals surface area contributed by atoms with Crippen molar-refractivity contribution < 1.29 is 31.1 Å². The number of amides is 1. The van der Waals surface area contributed by atoms with Crippen molar-refractivity contribution >= 4 is 5.91 Å². The second kappa shape index (κ2) is 4.46. The van der Waals surface area contributed by atoms with Gasteiger partial charge in [-0.2, -0.15) is 31.6 Å². The number of primary amides is 1. The molecule has 2 N–H and O–H groups in total. The number of nitriles is 1. The van der Waals surface area contributed by atoms with Gasteiger partial charge in [0.15, 0.2) is 0 Å². The van der Waals surface area contributed by atoms with Crippen LogP contribution in [0.2, 0.25) is 0 Å². The number of carbonyl (C=O) groups is 1. The summed E-state index contributed by atoms with van der Waals surface area (Å²) in [7, 11) is 0. The Balaban J connectivity index is 3.84. The molecule has 1 aromatic carbocycles. The molecule has 0 saturated carbocycles. The molecule has 9 heteroatoms. The standard InChI is InChI=1S/C10H4F6N2O/c11-9(12,13)6-2-4(3-17)1-5(8(18)19)7(6)10(14,15)16/h1-2H,(H2,18,19). The van der Waals surface area contributed by atoms with E-state index in [0.717, 1.165) is 0 Å². The fourth-order valence-corrected chi connectivity index (χ4v) is 1.43. The van der Waals surface area contributed by atoms with Gasteiger partial charge in [0, 0.05) is 0 Å². The Morgan fingerprint density at radius 3 is 1.95 bits per heavy atom. The maximum absolute atomic E-state index is 12.6. The van der Waals surface area contributed by atoms with Crippen LogP contribution in [0.3, 0.4) is 0 Å². The smallest absolute Gasteiger partial charge is 0.366 e. The summed E-state index contributed by atoms with van der Waals surface area (Å²) in [6.07, 6.45) is -10.8. The quantitative estimate of drug-likeness (QED) is 0.805. The highest BCUT2D eigenvalue weighted by atomic mass is 19.4. The van der Waals surface area contributed by atoms with Gasteiger partial charge in [-0.25, -0.2) is 0 Å². The van der Waals surface area contributed by atoms with E-state index < -0.39 is 40.5 Å². The summed E-state index contributed by atoms with van der Waals surface area (Å²) >= 11 is 0. The van der Waals surface area contributed by atoms with Crippen LogP contribution in [-0.4, -0.2) is 5.91 Å². The first-order chi connectivity index (χ1) is 8.48. The molecule has 0 aromatic heterocycles. The number of hydrogen-bond donors (Lipinski definition) is 1.